The molecule has 1 amide bonds. The highest BCUT2D eigenvalue weighted by atomic mass is 16.6. The average Bonchev–Trinajstić information content (AvgIpc) is 2.56. The van der Waals surface area contributed by atoms with E-state index < -0.39 is 16.6 Å². The van der Waals surface area contributed by atoms with Gasteiger partial charge in [-0.15, -0.1) is 0 Å². The molecule has 0 saturated carbocycles. The molecule has 0 spiro atoms. The Kier molecular flexibility index (Phi) is 4.90. The summed E-state index contributed by atoms with van der Waals surface area (Å²) in [6.07, 6.45) is 2.46. The van der Waals surface area contributed by atoms with E-state index in [2.05, 4.69) is 10.2 Å². The molecule has 0 aromatic heterocycles. The van der Waals surface area contributed by atoms with E-state index in [1.165, 1.54) is 13.0 Å². The summed E-state index contributed by atoms with van der Waals surface area (Å²) in [6, 6.07) is 2.60. The molecule has 26 heavy (non-hydrogen) atoms. The van der Waals surface area contributed by atoms with Crippen LogP contribution in [0.2, 0.25) is 0 Å². The van der Waals surface area contributed by atoms with Crippen LogP contribution in [0, 0.1) is 10.1 Å². The number of rotatable bonds is 3. The van der Waals surface area contributed by atoms with Crippen LogP contribution in [-0.4, -0.2) is 45.6 Å². The van der Waals surface area contributed by atoms with Crippen LogP contribution in [0.1, 0.15) is 51.6 Å². The minimum absolute atomic E-state index is 0.124. The normalized spacial score (nSPS) is 25.1. The van der Waals surface area contributed by atoms with Gasteiger partial charge in [0.2, 0.25) is 5.91 Å². The Morgan fingerprint density at radius 3 is 2.58 bits per heavy atom. The van der Waals surface area contributed by atoms with Gasteiger partial charge in [-0.25, -0.2) is 0 Å². The van der Waals surface area contributed by atoms with Crippen molar-refractivity contribution in [2.45, 2.75) is 57.8 Å². The Morgan fingerprint density at radius 2 is 2.00 bits per heavy atom. The molecule has 2 atom stereocenters. The summed E-state index contributed by atoms with van der Waals surface area (Å²) in [4.78, 5) is 24.6. The first-order valence-corrected chi connectivity index (χ1v) is 8.92. The number of nitro benzene ring substituents is 1. The largest absolute Gasteiger partial charge is 0.484 e. The minimum atomic E-state index is -0.876. The second kappa shape index (κ2) is 6.85. The molecule has 2 unspecified atom stereocenters. The number of likely N-dealkylation sites (tertiary alicyclic amines) is 1. The van der Waals surface area contributed by atoms with Crippen molar-refractivity contribution in [2.24, 2.45) is 0 Å². The predicted molar refractivity (Wildman–Crippen MR) is 96.3 cm³/mol. The quantitative estimate of drug-likeness (QED) is 0.632. The first kappa shape index (κ1) is 18.6. The van der Waals surface area contributed by atoms with Crippen LogP contribution < -0.4 is 10.1 Å². The van der Waals surface area contributed by atoms with E-state index in [9.17, 15) is 20.0 Å². The van der Waals surface area contributed by atoms with Crippen molar-refractivity contribution in [1.29, 1.82) is 0 Å². The lowest BCUT2D eigenvalue weighted by Crippen LogP contribution is -2.54. The van der Waals surface area contributed by atoms with Gasteiger partial charge in [0, 0.05) is 12.5 Å². The lowest BCUT2D eigenvalue weighted by atomic mass is 9.84. The third-order valence-electron chi connectivity index (χ3n) is 5.12. The lowest BCUT2D eigenvalue weighted by molar-refractivity contribution is -0.384. The van der Waals surface area contributed by atoms with Gasteiger partial charge in [-0.05, 0) is 45.8 Å². The second-order valence-electron chi connectivity index (χ2n) is 7.54. The molecular formula is C18H25N3O5. The third-order valence-corrected chi connectivity index (χ3v) is 5.12. The molecule has 0 aliphatic carbocycles. The maximum absolute atomic E-state index is 11.5. The number of hydrogen-bond acceptors (Lipinski definition) is 6. The zero-order chi connectivity index (χ0) is 19.1. The number of carbonyl (C=O) groups is 1. The number of carbonyl (C=O) groups excluding carboxylic acids is 1. The zero-order valence-electron chi connectivity index (χ0n) is 15.3. The maximum Gasteiger partial charge on any atom is 0.296 e. The van der Waals surface area contributed by atoms with E-state index in [0.717, 1.165) is 32.4 Å². The second-order valence-corrected chi connectivity index (χ2v) is 7.54. The fourth-order valence-corrected chi connectivity index (χ4v) is 3.83. The third kappa shape index (κ3) is 3.39. The number of aliphatic hydroxyl groups excluding tert-OH is 1. The van der Waals surface area contributed by atoms with E-state index in [4.69, 9.17) is 4.74 Å². The van der Waals surface area contributed by atoms with Gasteiger partial charge in [0.1, 0.15) is 23.1 Å². The monoisotopic (exact) mass is 363 g/mol. The maximum atomic E-state index is 11.5. The van der Waals surface area contributed by atoms with Gasteiger partial charge in [-0.2, -0.15) is 0 Å². The molecule has 0 radical (unpaired) electrons. The summed E-state index contributed by atoms with van der Waals surface area (Å²) in [7, 11) is 0. The number of aliphatic hydroxyl groups is 1. The van der Waals surface area contributed by atoms with Crippen LogP contribution in [0.3, 0.4) is 0 Å². The summed E-state index contributed by atoms with van der Waals surface area (Å²) >= 11 is 0. The van der Waals surface area contributed by atoms with Crippen LogP contribution >= 0.6 is 0 Å². The SMILES string of the molecule is CC(=O)Nc1cc2c(cc1[N+](=O)[O-])OC(C)(C)C(O)C2N1CCCCC1. The minimum Gasteiger partial charge on any atom is -0.484 e. The van der Waals surface area contributed by atoms with Crippen LogP contribution in [0.4, 0.5) is 11.4 Å². The molecule has 1 fully saturated rings. The van der Waals surface area contributed by atoms with Crippen molar-refractivity contribution >= 4 is 17.3 Å². The zero-order valence-corrected chi connectivity index (χ0v) is 15.3. The molecule has 2 heterocycles. The molecule has 2 aliphatic rings. The smallest absolute Gasteiger partial charge is 0.296 e. The van der Waals surface area contributed by atoms with Gasteiger partial charge in [0.25, 0.3) is 5.69 Å². The molecule has 8 heteroatoms. The summed E-state index contributed by atoms with van der Waals surface area (Å²) in [5.74, 6) is -0.00291. The first-order valence-electron chi connectivity index (χ1n) is 8.92. The Bertz CT molecular complexity index is 728. The van der Waals surface area contributed by atoms with E-state index in [-0.39, 0.29) is 23.3 Å². The lowest BCUT2D eigenvalue weighted by Gasteiger charge is -2.47. The summed E-state index contributed by atoms with van der Waals surface area (Å²) in [5, 5.41) is 24.9. The fourth-order valence-electron chi connectivity index (χ4n) is 3.83. The number of nitrogens with one attached hydrogen (secondary N) is 1. The van der Waals surface area contributed by atoms with Crippen LogP contribution in [0.15, 0.2) is 12.1 Å². The number of benzene rings is 1. The summed E-state index contributed by atoms with van der Waals surface area (Å²) < 4.78 is 5.91. The molecule has 1 aromatic carbocycles. The number of hydrogen-bond donors (Lipinski definition) is 2. The molecule has 2 aliphatic heterocycles. The molecule has 0 bridgehead atoms. The average molecular weight is 363 g/mol. The van der Waals surface area contributed by atoms with E-state index in [0.29, 0.717) is 11.3 Å². The molecule has 1 aromatic rings. The molecule has 142 valence electrons. The molecule has 8 nitrogen and oxygen atoms in total. The van der Waals surface area contributed by atoms with Gasteiger partial charge in [0.05, 0.1) is 17.0 Å². The van der Waals surface area contributed by atoms with Gasteiger partial charge in [0.15, 0.2) is 0 Å². The standard InChI is InChI=1S/C18H25N3O5/c1-11(22)19-13-9-12-15(10-14(13)21(24)25)26-18(2,3)17(23)16(12)20-7-5-4-6-8-20/h9-10,16-17,23H,4-8H2,1-3H3,(H,19,22). The predicted octanol–water partition coefficient (Wildman–Crippen LogP) is 2.61. The number of nitro groups is 1. The highest BCUT2D eigenvalue weighted by Gasteiger charge is 2.46. The van der Waals surface area contributed by atoms with E-state index >= 15 is 0 Å². The number of fused-ring (bicyclic) bond motifs is 1. The summed E-state index contributed by atoms with van der Waals surface area (Å²) in [6.45, 7) is 6.57. The van der Waals surface area contributed by atoms with Gasteiger partial charge < -0.3 is 15.2 Å². The Hall–Kier alpha value is -2.19. The highest BCUT2D eigenvalue weighted by molar-refractivity contribution is 5.91. The van der Waals surface area contributed by atoms with Crippen molar-refractivity contribution in [3.05, 3.63) is 27.8 Å². The molecule has 2 N–H and O–H groups in total. The van der Waals surface area contributed by atoms with E-state index in [1.807, 2.05) is 0 Å². The topological polar surface area (TPSA) is 105 Å². The molecule has 1 saturated heterocycles. The number of anilines is 1. The Labute approximate surface area is 152 Å². The number of amides is 1. The Morgan fingerprint density at radius 1 is 1.35 bits per heavy atom. The van der Waals surface area contributed by atoms with Crippen LogP contribution in [-0.2, 0) is 4.79 Å². The van der Waals surface area contributed by atoms with Crippen molar-refractivity contribution in [1.82, 2.24) is 4.90 Å². The van der Waals surface area contributed by atoms with Crippen molar-refractivity contribution in [3.8, 4) is 5.75 Å². The van der Waals surface area contributed by atoms with Gasteiger partial charge >= 0.3 is 0 Å². The van der Waals surface area contributed by atoms with Gasteiger partial charge in [-0.1, -0.05) is 6.42 Å². The summed E-state index contributed by atoms with van der Waals surface area (Å²) in [5.41, 5.74) is -0.297. The number of nitrogens with zero attached hydrogens (tertiary/aromatic N) is 2. The molecule has 3 rings (SSSR count). The van der Waals surface area contributed by atoms with Crippen LogP contribution in [0.25, 0.3) is 0 Å². The van der Waals surface area contributed by atoms with Crippen molar-refractivity contribution in [2.75, 3.05) is 18.4 Å². The first-order chi connectivity index (χ1) is 12.2. The Balaban J connectivity index is 2.13. The van der Waals surface area contributed by atoms with E-state index in [1.54, 1.807) is 19.9 Å². The highest BCUT2D eigenvalue weighted by Crippen LogP contribution is 2.47. The fraction of sp³-hybridized carbons (Fsp3) is 0.611. The number of piperidine rings is 1. The van der Waals surface area contributed by atoms with Crippen molar-refractivity contribution in [3.63, 3.8) is 0 Å². The van der Waals surface area contributed by atoms with Crippen LogP contribution in [0.5, 0.6) is 5.75 Å². The number of ether oxygens (including phenoxy) is 1. The molecular weight excluding hydrogens is 338 g/mol. The van der Waals surface area contributed by atoms with Crippen molar-refractivity contribution < 1.29 is 19.6 Å². The van der Waals surface area contributed by atoms with Gasteiger partial charge in [-0.3, -0.25) is 19.8 Å².